The normalized spacial score (nSPS) is 19.1. The minimum absolute atomic E-state index is 0.288. The van der Waals surface area contributed by atoms with E-state index in [1.807, 2.05) is 16.7 Å². The molecule has 0 aromatic carbocycles. The van der Waals surface area contributed by atoms with Gasteiger partial charge in [0.25, 0.3) is 0 Å². The smallest absolute Gasteiger partial charge is 0.222 e. The van der Waals surface area contributed by atoms with Crippen LogP contribution in [-0.2, 0) is 9.53 Å². The van der Waals surface area contributed by atoms with Gasteiger partial charge in [-0.3, -0.25) is 4.79 Å². The number of nitrogens with two attached hydrogens (primary N) is 1. The highest BCUT2D eigenvalue weighted by atomic mass is 32.2. The first kappa shape index (κ1) is 15.8. The number of ether oxygens (including phenoxy) is 1. The van der Waals surface area contributed by atoms with Crippen LogP contribution in [0.25, 0.3) is 0 Å². The van der Waals surface area contributed by atoms with E-state index in [1.165, 1.54) is 5.75 Å². The summed E-state index contributed by atoms with van der Waals surface area (Å²) >= 11 is 1.94. The van der Waals surface area contributed by atoms with Gasteiger partial charge in [0.15, 0.2) is 0 Å². The molecular formula is C13H26N2O2S. The van der Waals surface area contributed by atoms with Gasteiger partial charge in [-0.1, -0.05) is 6.42 Å². The Balaban J connectivity index is 2.34. The van der Waals surface area contributed by atoms with Crippen molar-refractivity contribution >= 4 is 17.7 Å². The van der Waals surface area contributed by atoms with E-state index in [0.29, 0.717) is 19.1 Å². The monoisotopic (exact) mass is 274 g/mol. The lowest BCUT2D eigenvalue weighted by molar-refractivity contribution is -0.133. The molecule has 1 fully saturated rings. The van der Waals surface area contributed by atoms with Crippen molar-refractivity contribution in [2.75, 3.05) is 38.3 Å². The van der Waals surface area contributed by atoms with Crippen LogP contribution in [0.5, 0.6) is 0 Å². The van der Waals surface area contributed by atoms with Crippen LogP contribution in [0.3, 0.4) is 0 Å². The second-order valence-electron chi connectivity index (χ2n) is 4.70. The minimum Gasteiger partial charge on any atom is -0.383 e. The highest BCUT2D eigenvalue weighted by Gasteiger charge is 2.26. The molecule has 1 saturated heterocycles. The summed E-state index contributed by atoms with van der Waals surface area (Å²) in [4.78, 5) is 14.3. The van der Waals surface area contributed by atoms with E-state index < -0.39 is 0 Å². The average molecular weight is 274 g/mol. The Morgan fingerprint density at radius 1 is 1.44 bits per heavy atom. The average Bonchev–Trinajstić information content (AvgIpc) is 2.89. The molecule has 0 spiro atoms. The lowest BCUT2D eigenvalue weighted by Gasteiger charge is -2.28. The number of carbonyl (C=O) groups excluding carboxylic acids is 1. The van der Waals surface area contributed by atoms with Gasteiger partial charge in [-0.2, -0.15) is 11.8 Å². The maximum Gasteiger partial charge on any atom is 0.222 e. The van der Waals surface area contributed by atoms with E-state index in [2.05, 4.69) is 0 Å². The van der Waals surface area contributed by atoms with Gasteiger partial charge < -0.3 is 15.4 Å². The predicted octanol–water partition coefficient (Wildman–Crippen LogP) is 1.49. The fraction of sp³-hybridized carbons (Fsp3) is 0.923. The lowest BCUT2D eigenvalue weighted by Crippen LogP contribution is -2.42. The molecule has 0 bridgehead atoms. The summed E-state index contributed by atoms with van der Waals surface area (Å²) < 4.78 is 5.11. The van der Waals surface area contributed by atoms with Gasteiger partial charge in [-0.05, 0) is 31.6 Å². The molecule has 18 heavy (non-hydrogen) atoms. The Hall–Kier alpha value is -0.260. The first-order valence-corrected chi connectivity index (χ1v) is 8.01. The third-order valence-corrected chi connectivity index (χ3v) is 4.44. The molecular weight excluding hydrogens is 248 g/mol. The van der Waals surface area contributed by atoms with Gasteiger partial charge in [-0.25, -0.2) is 0 Å². The molecule has 0 aromatic heterocycles. The van der Waals surface area contributed by atoms with Crippen molar-refractivity contribution in [1.29, 1.82) is 0 Å². The Kier molecular flexibility index (Phi) is 8.46. The summed E-state index contributed by atoms with van der Waals surface area (Å²) in [6, 6.07) is 0.423. The Bertz CT molecular complexity index is 233. The van der Waals surface area contributed by atoms with Gasteiger partial charge in [0, 0.05) is 31.9 Å². The zero-order valence-corrected chi connectivity index (χ0v) is 12.2. The quantitative estimate of drug-likeness (QED) is 0.647. The molecule has 4 nitrogen and oxygen atoms in total. The summed E-state index contributed by atoms with van der Waals surface area (Å²) in [7, 11) is 1.69. The molecule has 1 unspecified atom stereocenters. The number of thioether (sulfide) groups is 1. The van der Waals surface area contributed by atoms with E-state index in [9.17, 15) is 4.79 Å². The number of rotatable bonds is 9. The highest BCUT2D eigenvalue weighted by Crippen LogP contribution is 2.23. The minimum atomic E-state index is 0.288. The summed E-state index contributed by atoms with van der Waals surface area (Å²) in [5.74, 6) is 2.55. The van der Waals surface area contributed by atoms with E-state index >= 15 is 0 Å². The van der Waals surface area contributed by atoms with Crippen molar-refractivity contribution in [3.8, 4) is 0 Å². The summed E-state index contributed by atoms with van der Waals surface area (Å²) in [6.45, 7) is 2.09. The maximum atomic E-state index is 12.2. The van der Waals surface area contributed by atoms with E-state index in [-0.39, 0.29) is 5.91 Å². The van der Waals surface area contributed by atoms with Crippen LogP contribution in [0.2, 0.25) is 0 Å². The summed E-state index contributed by atoms with van der Waals surface area (Å²) in [6.07, 6.45) is 4.82. The number of carbonyl (C=O) groups is 1. The molecule has 5 heteroatoms. The number of methoxy groups -OCH3 is 1. The van der Waals surface area contributed by atoms with Crippen molar-refractivity contribution < 1.29 is 9.53 Å². The van der Waals surface area contributed by atoms with Crippen molar-refractivity contribution in [2.24, 2.45) is 5.73 Å². The number of nitrogens with zero attached hydrogens (tertiary/aromatic N) is 1. The number of hydrogen-bond acceptors (Lipinski definition) is 4. The van der Waals surface area contributed by atoms with Crippen molar-refractivity contribution in [2.45, 2.75) is 38.1 Å². The van der Waals surface area contributed by atoms with Crippen molar-refractivity contribution in [3.63, 3.8) is 0 Å². The standard InChI is InChI=1S/C13H26N2O2S/c1-17-9-8-15(12-6-10-18-11-12)13(16)5-3-2-4-7-14/h12H,2-11,14H2,1H3. The highest BCUT2D eigenvalue weighted by molar-refractivity contribution is 7.99. The van der Waals surface area contributed by atoms with Crippen LogP contribution in [0, 0.1) is 0 Å². The zero-order valence-electron chi connectivity index (χ0n) is 11.4. The predicted molar refractivity (Wildman–Crippen MR) is 76.8 cm³/mol. The first-order chi connectivity index (χ1) is 8.79. The Morgan fingerprint density at radius 3 is 2.89 bits per heavy atom. The van der Waals surface area contributed by atoms with E-state index in [0.717, 1.165) is 44.5 Å². The second kappa shape index (κ2) is 9.64. The fourth-order valence-corrected chi connectivity index (χ4v) is 3.43. The molecule has 2 N–H and O–H groups in total. The van der Waals surface area contributed by atoms with Crippen molar-refractivity contribution in [1.82, 2.24) is 4.90 Å². The van der Waals surface area contributed by atoms with Crippen LogP contribution in [0.1, 0.15) is 32.1 Å². The van der Waals surface area contributed by atoms with Gasteiger partial charge >= 0.3 is 0 Å². The summed E-state index contributed by atoms with van der Waals surface area (Å²) in [5, 5.41) is 0. The fourth-order valence-electron chi connectivity index (χ4n) is 2.21. The molecule has 0 aromatic rings. The van der Waals surface area contributed by atoms with E-state index in [4.69, 9.17) is 10.5 Å². The van der Waals surface area contributed by atoms with Gasteiger partial charge in [-0.15, -0.1) is 0 Å². The van der Waals surface area contributed by atoms with Crippen LogP contribution < -0.4 is 5.73 Å². The van der Waals surface area contributed by atoms with Crippen LogP contribution in [-0.4, -0.2) is 55.2 Å². The van der Waals surface area contributed by atoms with Crippen molar-refractivity contribution in [3.05, 3.63) is 0 Å². The number of unbranched alkanes of at least 4 members (excludes halogenated alkanes) is 2. The molecule has 0 saturated carbocycles. The lowest BCUT2D eigenvalue weighted by atomic mass is 10.1. The topological polar surface area (TPSA) is 55.6 Å². The molecule has 1 heterocycles. The molecule has 1 rings (SSSR count). The van der Waals surface area contributed by atoms with Crippen LogP contribution in [0.15, 0.2) is 0 Å². The molecule has 106 valence electrons. The SMILES string of the molecule is COCCN(C(=O)CCCCCN)C1CCSC1. The molecule has 1 amide bonds. The second-order valence-corrected chi connectivity index (χ2v) is 5.85. The molecule has 1 atom stereocenters. The van der Waals surface area contributed by atoms with Gasteiger partial charge in [0.2, 0.25) is 5.91 Å². The first-order valence-electron chi connectivity index (χ1n) is 6.85. The maximum absolute atomic E-state index is 12.2. The summed E-state index contributed by atoms with van der Waals surface area (Å²) in [5.41, 5.74) is 5.46. The Labute approximate surface area is 115 Å². The van der Waals surface area contributed by atoms with Crippen LogP contribution >= 0.6 is 11.8 Å². The third kappa shape index (κ3) is 5.59. The zero-order chi connectivity index (χ0) is 13.2. The molecule has 1 aliphatic heterocycles. The Morgan fingerprint density at radius 2 is 2.28 bits per heavy atom. The van der Waals surface area contributed by atoms with Gasteiger partial charge in [0.1, 0.15) is 0 Å². The van der Waals surface area contributed by atoms with Gasteiger partial charge in [0.05, 0.1) is 6.61 Å². The number of amides is 1. The number of hydrogen-bond donors (Lipinski definition) is 1. The molecule has 0 radical (unpaired) electrons. The molecule has 1 aliphatic rings. The van der Waals surface area contributed by atoms with E-state index in [1.54, 1.807) is 7.11 Å². The van der Waals surface area contributed by atoms with Crippen LogP contribution in [0.4, 0.5) is 0 Å². The third-order valence-electron chi connectivity index (χ3n) is 3.30. The largest absolute Gasteiger partial charge is 0.383 e. The molecule has 0 aliphatic carbocycles.